The Morgan fingerprint density at radius 2 is 1.83 bits per heavy atom. The Balaban J connectivity index is 1.36. The molecule has 0 fully saturated rings. The number of aromatic nitrogens is 5. The summed E-state index contributed by atoms with van der Waals surface area (Å²) in [6.07, 6.45) is 3.56. The highest BCUT2D eigenvalue weighted by atomic mass is 79.9. The van der Waals surface area contributed by atoms with Crippen molar-refractivity contribution in [2.75, 3.05) is 5.32 Å². The van der Waals surface area contributed by atoms with Gasteiger partial charge in [-0.2, -0.15) is 10.2 Å². The van der Waals surface area contributed by atoms with E-state index in [4.69, 9.17) is 11.6 Å². The van der Waals surface area contributed by atoms with E-state index in [-0.39, 0.29) is 12.5 Å². The fraction of sp³-hybridized carbons (Fsp3) is 0.154. The maximum absolute atomic E-state index is 12.9. The second kappa shape index (κ2) is 9.64. The SMILES string of the molecule is Cc1ccc(-c2ccnc3c2c(C)nn3CC(=O)Nc2nn(Cc3ccccc3Cl)cc2Br)cc1. The summed E-state index contributed by atoms with van der Waals surface area (Å²) >= 11 is 9.75. The molecule has 9 heteroatoms. The van der Waals surface area contributed by atoms with Crippen molar-refractivity contribution in [1.82, 2.24) is 24.5 Å². The van der Waals surface area contributed by atoms with Gasteiger partial charge in [0.1, 0.15) is 6.54 Å². The third kappa shape index (κ3) is 4.85. The van der Waals surface area contributed by atoms with Gasteiger partial charge >= 0.3 is 0 Å². The average molecular weight is 550 g/mol. The first kappa shape index (κ1) is 23.3. The molecule has 3 heterocycles. The number of nitrogens with one attached hydrogen (secondary N) is 1. The lowest BCUT2D eigenvalue weighted by atomic mass is 10.0. The molecule has 1 amide bonds. The molecule has 1 N–H and O–H groups in total. The van der Waals surface area contributed by atoms with E-state index in [2.05, 4.69) is 67.6 Å². The summed E-state index contributed by atoms with van der Waals surface area (Å²) in [5.41, 5.74) is 5.75. The van der Waals surface area contributed by atoms with Gasteiger partial charge in [-0.25, -0.2) is 9.67 Å². The molecular formula is C26H22BrClN6O. The van der Waals surface area contributed by atoms with Gasteiger partial charge in [0.25, 0.3) is 0 Å². The molecule has 3 aromatic heterocycles. The van der Waals surface area contributed by atoms with Gasteiger partial charge in [0.2, 0.25) is 5.91 Å². The van der Waals surface area contributed by atoms with E-state index in [0.717, 1.165) is 27.8 Å². The zero-order chi connectivity index (χ0) is 24.5. The van der Waals surface area contributed by atoms with Gasteiger partial charge in [-0.1, -0.05) is 59.6 Å². The lowest BCUT2D eigenvalue weighted by Gasteiger charge is -2.06. The molecule has 7 nitrogen and oxygen atoms in total. The number of nitrogens with zero attached hydrogens (tertiary/aromatic N) is 5. The summed E-state index contributed by atoms with van der Waals surface area (Å²) < 4.78 is 4.04. The highest BCUT2D eigenvalue weighted by Crippen LogP contribution is 2.30. The number of pyridine rings is 1. The Hall–Kier alpha value is -3.49. The fourth-order valence-electron chi connectivity index (χ4n) is 4.04. The number of hydrogen-bond acceptors (Lipinski definition) is 4. The zero-order valence-corrected chi connectivity index (χ0v) is 21.5. The summed E-state index contributed by atoms with van der Waals surface area (Å²) in [7, 11) is 0. The summed E-state index contributed by atoms with van der Waals surface area (Å²) in [6, 6.07) is 17.9. The van der Waals surface area contributed by atoms with Gasteiger partial charge < -0.3 is 5.32 Å². The second-order valence-corrected chi connectivity index (χ2v) is 9.59. The highest BCUT2D eigenvalue weighted by molar-refractivity contribution is 9.10. The minimum Gasteiger partial charge on any atom is -0.307 e. The van der Waals surface area contributed by atoms with E-state index in [0.29, 0.717) is 27.5 Å². The number of aryl methyl sites for hydroxylation is 2. The van der Waals surface area contributed by atoms with Crippen LogP contribution in [0.5, 0.6) is 0 Å². The summed E-state index contributed by atoms with van der Waals surface area (Å²) in [6.45, 7) is 4.50. The number of carbonyl (C=O) groups excluding carboxylic acids is 1. The summed E-state index contributed by atoms with van der Waals surface area (Å²) in [5, 5.41) is 13.6. The number of halogens is 2. The quantitative estimate of drug-likeness (QED) is 0.281. The largest absolute Gasteiger partial charge is 0.307 e. The lowest BCUT2D eigenvalue weighted by Crippen LogP contribution is -2.20. The standard InChI is InChI=1S/C26H22BrClN6O/c1-16-7-9-18(10-8-16)20-11-12-29-26-24(20)17(2)31-34(26)15-23(35)30-25-21(27)14-33(32-25)13-19-5-3-4-6-22(19)28/h3-12,14H,13,15H2,1-2H3,(H,30,32,35). The number of fused-ring (bicyclic) bond motifs is 1. The smallest absolute Gasteiger partial charge is 0.247 e. The van der Waals surface area contributed by atoms with Crippen LogP contribution in [0.25, 0.3) is 22.2 Å². The second-order valence-electron chi connectivity index (χ2n) is 8.33. The van der Waals surface area contributed by atoms with Gasteiger partial charge in [0.05, 0.1) is 16.7 Å². The number of carbonyl (C=O) groups is 1. The van der Waals surface area contributed by atoms with Crippen LogP contribution in [-0.4, -0.2) is 30.5 Å². The van der Waals surface area contributed by atoms with Crippen molar-refractivity contribution in [3.63, 3.8) is 0 Å². The van der Waals surface area contributed by atoms with Crippen LogP contribution in [0.4, 0.5) is 5.82 Å². The van der Waals surface area contributed by atoms with E-state index in [1.54, 1.807) is 15.6 Å². The Labute approximate surface area is 215 Å². The average Bonchev–Trinajstić information content (AvgIpc) is 3.34. The molecule has 0 aliphatic carbocycles. The molecule has 35 heavy (non-hydrogen) atoms. The molecule has 0 atom stereocenters. The zero-order valence-electron chi connectivity index (χ0n) is 19.2. The van der Waals surface area contributed by atoms with E-state index < -0.39 is 0 Å². The van der Waals surface area contributed by atoms with Crippen molar-refractivity contribution in [2.24, 2.45) is 0 Å². The van der Waals surface area contributed by atoms with Crippen LogP contribution in [0.1, 0.15) is 16.8 Å². The third-order valence-corrected chi connectivity index (χ3v) is 6.68. The molecule has 0 saturated heterocycles. The highest BCUT2D eigenvalue weighted by Gasteiger charge is 2.17. The van der Waals surface area contributed by atoms with Crippen LogP contribution in [0.15, 0.2) is 71.5 Å². The first-order chi connectivity index (χ1) is 16.9. The van der Waals surface area contributed by atoms with Crippen LogP contribution in [0.3, 0.4) is 0 Å². The minimum atomic E-state index is -0.249. The van der Waals surface area contributed by atoms with Crippen molar-refractivity contribution in [3.05, 3.63) is 93.3 Å². The fourth-order valence-corrected chi connectivity index (χ4v) is 4.65. The topological polar surface area (TPSA) is 77.6 Å². The van der Waals surface area contributed by atoms with E-state index >= 15 is 0 Å². The first-order valence-electron chi connectivity index (χ1n) is 11.0. The van der Waals surface area contributed by atoms with Gasteiger partial charge in [0, 0.05) is 22.8 Å². The maximum atomic E-state index is 12.9. The van der Waals surface area contributed by atoms with Crippen LogP contribution >= 0.6 is 27.5 Å². The predicted molar refractivity (Wildman–Crippen MR) is 142 cm³/mol. The van der Waals surface area contributed by atoms with Crippen molar-refractivity contribution in [2.45, 2.75) is 26.9 Å². The summed E-state index contributed by atoms with van der Waals surface area (Å²) in [4.78, 5) is 17.4. The molecule has 0 bridgehead atoms. The number of anilines is 1. The number of amides is 1. The monoisotopic (exact) mass is 548 g/mol. The lowest BCUT2D eigenvalue weighted by molar-refractivity contribution is -0.116. The Morgan fingerprint density at radius 1 is 1.06 bits per heavy atom. The Morgan fingerprint density at radius 3 is 2.60 bits per heavy atom. The van der Waals surface area contributed by atoms with Gasteiger partial charge in [-0.15, -0.1) is 0 Å². The molecule has 0 saturated carbocycles. The number of hydrogen-bond donors (Lipinski definition) is 1. The van der Waals surface area contributed by atoms with Gasteiger partial charge in [0.15, 0.2) is 11.5 Å². The summed E-state index contributed by atoms with van der Waals surface area (Å²) in [5.74, 6) is 0.184. The molecular weight excluding hydrogens is 528 g/mol. The number of rotatable bonds is 6. The normalized spacial score (nSPS) is 11.2. The van der Waals surface area contributed by atoms with Crippen LogP contribution < -0.4 is 5.32 Å². The molecule has 0 spiro atoms. The number of benzene rings is 2. The third-order valence-electron chi connectivity index (χ3n) is 5.73. The molecule has 0 aliphatic heterocycles. The molecule has 5 aromatic rings. The van der Waals surface area contributed by atoms with Gasteiger partial charge in [-0.05, 0) is 58.6 Å². The van der Waals surface area contributed by atoms with Gasteiger partial charge in [-0.3, -0.25) is 9.48 Å². The predicted octanol–water partition coefficient (Wildman–Crippen LogP) is 6.01. The minimum absolute atomic E-state index is 0.0124. The molecule has 0 unspecified atom stereocenters. The Bertz CT molecular complexity index is 1540. The maximum Gasteiger partial charge on any atom is 0.247 e. The molecule has 176 valence electrons. The Kier molecular flexibility index (Phi) is 6.40. The van der Waals surface area contributed by atoms with Crippen molar-refractivity contribution >= 4 is 50.3 Å². The van der Waals surface area contributed by atoms with E-state index in [9.17, 15) is 4.79 Å². The van der Waals surface area contributed by atoms with Crippen LogP contribution in [0, 0.1) is 13.8 Å². The molecule has 0 radical (unpaired) electrons. The molecule has 0 aliphatic rings. The first-order valence-corrected chi connectivity index (χ1v) is 12.2. The van der Waals surface area contributed by atoms with Crippen molar-refractivity contribution in [3.8, 4) is 11.1 Å². The van der Waals surface area contributed by atoms with E-state index in [1.165, 1.54) is 5.56 Å². The van der Waals surface area contributed by atoms with Crippen LogP contribution in [0.2, 0.25) is 5.02 Å². The molecule has 2 aromatic carbocycles. The van der Waals surface area contributed by atoms with Crippen molar-refractivity contribution < 1.29 is 4.79 Å². The van der Waals surface area contributed by atoms with E-state index in [1.807, 2.05) is 43.5 Å². The van der Waals surface area contributed by atoms with Crippen molar-refractivity contribution in [1.29, 1.82) is 0 Å². The molecule has 5 rings (SSSR count). The van der Waals surface area contributed by atoms with Crippen LogP contribution in [-0.2, 0) is 17.9 Å².